The van der Waals surface area contributed by atoms with Crippen LogP contribution < -0.4 is 11.0 Å². The number of nitrogens with one attached hydrogen (secondary N) is 1. The number of carbonyl (C=O) groups excluding carboxylic acids is 1. The maximum absolute atomic E-state index is 13.4. The van der Waals surface area contributed by atoms with Gasteiger partial charge in [0.25, 0.3) is 12.3 Å². The molecule has 5 rings (SSSR count). The van der Waals surface area contributed by atoms with E-state index in [4.69, 9.17) is 23.2 Å². The van der Waals surface area contributed by atoms with Crippen LogP contribution in [0.15, 0.2) is 59.7 Å². The number of aromatic nitrogens is 4. The van der Waals surface area contributed by atoms with Crippen LogP contribution in [-0.2, 0) is 6.54 Å². The lowest BCUT2D eigenvalue weighted by Gasteiger charge is -2.29. The van der Waals surface area contributed by atoms with Crippen LogP contribution in [0.4, 0.5) is 8.78 Å². The number of hydrogen-bond acceptors (Lipinski definition) is 4. The highest BCUT2D eigenvalue weighted by atomic mass is 35.5. The zero-order valence-corrected chi connectivity index (χ0v) is 21.1. The number of rotatable bonds is 6. The molecule has 1 N–H and O–H groups in total. The second-order valence-corrected chi connectivity index (χ2v) is 10.0. The van der Waals surface area contributed by atoms with Crippen LogP contribution in [0.25, 0.3) is 16.9 Å². The van der Waals surface area contributed by atoms with E-state index in [2.05, 4.69) is 15.3 Å². The van der Waals surface area contributed by atoms with Crippen molar-refractivity contribution in [2.45, 2.75) is 44.7 Å². The molecular formula is C26H23Cl2F2N5O2. The summed E-state index contributed by atoms with van der Waals surface area (Å²) in [7, 11) is 0. The van der Waals surface area contributed by atoms with E-state index in [1.54, 1.807) is 45.7 Å². The SMILES string of the molecule is O=C(NC1CCC(Cn2c(=O)n(-c3ccc(Cl)cc3)c3ncccc32)CC1)c1cc(Cl)cnc1C(F)F. The second-order valence-electron chi connectivity index (χ2n) is 9.13. The first-order chi connectivity index (χ1) is 17.8. The lowest BCUT2D eigenvalue weighted by Crippen LogP contribution is -2.39. The molecule has 1 aliphatic carbocycles. The fourth-order valence-corrected chi connectivity index (χ4v) is 5.19. The Bertz CT molecular complexity index is 1500. The monoisotopic (exact) mass is 545 g/mol. The van der Waals surface area contributed by atoms with Crippen LogP contribution in [0.1, 0.15) is 48.2 Å². The van der Waals surface area contributed by atoms with Crippen molar-refractivity contribution in [2.75, 3.05) is 0 Å². The van der Waals surface area contributed by atoms with Crippen LogP contribution >= 0.6 is 23.2 Å². The van der Waals surface area contributed by atoms with Crippen molar-refractivity contribution in [1.82, 2.24) is 24.4 Å². The first-order valence-electron chi connectivity index (χ1n) is 11.9. The van der Waals surface area contributed by atoms with Crippen LogP contribution in [0.2, 0.25) is 10.0 Å². The van der Waals surface area contributed by atoms with Gasteiger partial charge in [0, 0.05) is 30.0 Å². The van der Waals surface area contributed by atoms with Crippen molar-refractivity contribution in [3.63, 3.8) is 0 Å². The molecule has 0 aliphatic heterocycles. The number of carbonyl (C=O) groups is 1. The summed E-state index contributed by atoms with van der Waals surface area (Å²) in [6, 6.07) is 11.8. The summed E-state index contributed by atoms with van der Waals surface area (Å²) in [5, 5.41) is 3.55. The average molecular weight is 546 g/mol. The molecule has 0 spiro atoms. The Morgan fingerprint density at radius 1 is 1.05 bits per heavy atom. The number of halogens is 4. The van der Waals surface area contributed by atoms with E-state index in [1.165, 1.54) is 6.07 Å². The minimum Gasteiger partial charge on any atom is -0.349 e. The van der Waals surface area contributed by atoms with Crippen molar-refractivity contribution in [2.24, 2.45) is 5.92 Å². The Labute approximate surface area is 221 Å². The molecule has 37 heavy (non-hydrogen) atoms. The van der Waals surface area contributed by atoms with Gasteiger partial charge in [0.05, 0.1) is 21.8 Å². The van der Waals surface area contributed by atoms with E-state index in [-0.39, 0.29) is 28.2 Å². The van der Waals surface area contributed by atoms with Gasteiger partial charge in [-0.25, -0.2) is 23.1 Å². The Balaban J connectivity index is 1.30. The summed E-state index contributed by atoms with van der Waals surface area (Å²) in [6.45, 7) is 0.510. The highest BCUT2D eigenvalue weighted by molar-refractivity contribution is 6.31. The normalized spacial score (nSPS) is 17.9. The summed E-state index contributed by atoms with van der Waals surface area (Å²) in [5.74, 6) is -0.401. The molecule has 0 bridgehead atoms. The number of hydrogen-bond donors (Lipinski definition) is 1. The van der Waals surface area contributed by atoms with Gasteiger partial charge in [-0.15, -0.1) is 0 Å². The third-order valence-electron chi connectivity index (χ3n) is 6.73. The predicted octanol–water partition coefficient (Wildman–Crippen LogP) is 5.82. The van der Waals surface area contributed by atoms with Crippen molar-refractivity contribution in [3.05, 3.63) is 86.6 Å². The smallest absolute Gasteiger partial charge is 0.334 e. The van der Waals surface area contributed by atoms with Gasteiger partial charge in [0.2, 0.25) is 0 Å². The number of imidazole rings is 1. The molecule has 0 unspecified atom stereocenters. The molecule has 1 saturated carbocycles. The van der Waals surface area contributed by atoms with Crippen molar-refractivity contribution in [3.8, 4) is 5.69 Å². The minimum absolute atomic E-state index is 0.121. The number of pyridine rings is 2. The largest absolute Gasteiger partial charge is 0.349 e. The molecule has 1 fully saturated rings. The quantitative estimate of drug-likeness (QED) is 0.331. The number of nitrogens with zero attached hydrogens (tertiary/aromatic N) is 4. The summed E-state index contributed by atoms with van der Waals surface area (Å²) < 4.78 is 29.9. The second kappa shape index (κ2) is 10.6. The van der Waals surface area contributed by atoms with Crippen LogP contribution in [0.5, 0.6) is 0 Å². The number of benzene rings is 1. The Morgan fingerprint density at radius 3 is 2.49 bits per heavy atom. The lowest BCUT2D eigenvalue weighted by atomic mass is 9.85. The Hall–Kier alpha value is -3.30. The molecule has 3 aromatic heterocycles. The molecule has 3 heterocycles. The number of fused-ring (bicyclic) bond motifs is 1. The fraction of sp³-hybridized carbons (Fsp3) is 0.308. The number of amides is 1. The molecule has 11 heteroatoms. The van der Waals surface area contributed by atoms with E-state index < -0.39 is 18.0 Å². The van der Waals surface area contributed by atoms with E-state index >= 15 is 0 Å². The topological polar surface area (TPSA) is 81.8 Å². The van der Waals surface area contributed by atoms with Crippen molar-refractivity contribution < 1.29 is 13.6 Å². The molecule has 0 radical (unpaired) electrons. The van der Waals surface area contributed by atoms with Gasteiger partial charge in [-0.3, -0.25) is 14.3 Å². The summed E-state index contributed by atoms with van der Waals surface area (Å²) in [6.07, 6.45) is 2.74. The zero-order chi connectivity index (χ0) is 26.1. The Kier molecular flexibility index (Phi) is 7.26. The molecule has 192 valence electrons. The van der Waals surface area contributed by atoms with E-state index in [1.807, 2.05) is 6.07 Å². The molecule has 1 aromatic carbocycles. The van der Waals surface area contributed by atoms with E-state index in [9.17, 15) is 18.4 Å². The Morgan fingerprint density at radius 2 is 1.78 bits per heavy atom. The molecule has 1 aliphatic rings. The summed E-state index contributed by atoms with van der Waals surface area (Å²) in [5.41, 5.74) is 1.02. The fourth-order valence-electron chi connectivity index (χ4n) is 4.90. The predicted molar refractivity (Wildman–Crippen MR) is 138 cm³/mol. The number of alkyl halides is 2. The molecular weight excluding hydrogens is 523 g/mol. The zero-order valence-electron chi connectivity index (χ0n) is 19.6. The van der Waals surface area contributed by atoms with Crippen molar-refractivity contribution in [1.29, 1.82) is 0 Å². The highest BCUT2D eigenvalue weighted by Crippen LogP contribution is 2.28. The van der Waals surface area contributed by atoms with Crippen molar-refractivity contribution >= 4 is 40.3 Å². The van der Waals surface area contributed by atoms with Gasteiger partial charge in [0.1, 0.15) is 5.69 Å². The van der Waals surface area contributed by atoms with Gasteiger partial charge in [-0.2, -0.15) is 0 Å². The molecule has 0 saturated heterocycles. The average Bonchev–Trinajstić information content (AvgIpc) is 3.16. The van der Waals surface area contributed by atoms with E-state index in [0.717, 1.165) is 24.6 Å². The lowest BCUT2D eigenvalue weighted by molar-refractivity contribution is 0.0904. The van der Waals surface area contributed by atoms with Crippen LogP contribution in [-0.4, -0.2) is 31.1 Å². The van der Waals surface area contributed by atoms with Gasteiger partial charge in [-0.1, -0.05) is 23.2 Å². The standard InChI is InChI=1S/C26H23Cl2F2N5O2/c27-16-5-9-19(10-6-16)35-24-21(2-1-11-31-24)34(26(35)37)14-15-3-7-18(8-4-15)33-25(36)20-12-17(28)13-32-22(20)23(29)30/h1-2,5-6,9-13,15,18,23H,3-4,7-8,14H2,(H,33,36). The van der Waals surface area contributed by atoms with Crippen LogP contribution in [0.3, 0.4) is 0 Å². The van der Waals surface area contributed by atoms with Gasteiger partial charge < -0.3 is 5.32 Å². The molecule has 0 atom stereocenters. The minimum atomic E-state index is -2.88. The molecule has 4 aromatic rings. The van der Waals surface area contributed by atoms with Gasteiger partial charge >= 0.3 is 5.69 Å². The third kappa shape index (κ3) is 5.24. The summed E-state index contributed by atoms with van der Waals surface area (Å²) >= 11 is 11.9. The van der Waals surface area contributed by atoms with E-state index in [0.29, 0.717) is 35.7 Å². The first kappa shape index (κ1) is 25.4. The summed E-state index contributed by atoms with van der Waals surface area (Å²) in [4.78, 5) is 34.2. The van der Waals surface area contributed by atoms with Gasteiger partial charge in [0.15, 0.2) is 5.65 Å². The third-order valence-corrected chi connectivity index (χ3v) is 7.19. The maximum Gasteiger partial charge on any atom is 0.334 e. The molecule has 7 nitrogen and oxygen atoms in total. The van der Waals surface area contributed by atoms with Gasteiger partial charge in [-0.05, 0) is 74.1 Å². The highest BCUT2D eigenvalue weighted by Gasteiger charge is 2.27. The maximum atomic E-state index is 13.4. The van der Waals surface area contributed by atoms with Crippen LogP contribution in [0, 0.1) is 5.92 Å². The molecule has 1 amide bonds. The first-order valence-corrected chi connectivity index (χ1v) is 12.6.